The van der Waals surface area contributed by atoms with Crippen molar-refractivity contribution in [2.24, 2.45) is 0 Å². The van der Waals surface area contributed by atoms with Crippen molar-refractivity contribution in [3.8, 4) is 11.1 Å². The van der Waals surface area contributed by atoms with Crippen molar-refractivity contribution in [3.63, 3.8) is 0 Å². The van der Waals surface area contributed by atoms with Crippen molar-refractivity contribution < 1.29 is 0 Å². The second-order valence-corrected chi connectivity index (χ2v) is 5.71. The first kappa shape index (κ1) is 13.7. The van der Waals surface area contributed by atoms with Crippen LogP contribution >= 0.6 is 11.8 Å². The summed E-state index contributed by atoms with van der Waals surface area (Å²) in [4.78, 5) is 9.55. The maximum Gasteiger partial charge on any atom is 0.222 e. The topological polar surface area (TPSA) is 77.8 Å². The van der Waals surface area contributed by atoms with Gasteiger partial charge in [-0.3, -0.25) is 0 Å². The van der Waals surface area contributed by atoms with Gasteiger partial charge in [-0.15, -0.1) is 11.8 Å². The molecule has 4 N–H and O–H groups in total. The van der Waals surface area contributed by atoms with Crippen LogP contribution in [0.25, 0.3) is 22.0 Å². The molecule has 0 fully saturated rings. The summed E-state index contributed by atoms with van der Waals surface area (Å²) >= 11 is 1.73. The zero-order chi connectivity index (χ0) is 15.0. The van der Waals surface area contributed by atoms with Gasteiger partial charge in [0.25, 0.3) is 0 Å². The Morgan fingerprint density at radius 3 is 2.62 bits per heavy atom. The van der Waals surface area contributed by atoms with Crippen molar-refractivity contribution >= 4 is 34.4 Å². The maximum atomic E-state index is 6.03. The Labute approximate surface area is 127 Å². The Morgan fingerprint density at radius 1 is 1.05 bits per heavy atom. The van der Waals surface area contributed by atoms with Crippen LogP contribution in [0.1, 0.15) is 5.56 Å². The van der Waals surface area contributed by atoms with Crippen molar-refractivity contribution in [1.29, 1.82) is 0 Å². The molecule has 3 rings (SSSR count). The highest BCUT2D eigenvalue weighted by molar-refractivity contribution is 7.98. The molecule has 0 aliphatic heterocycles. The highest BCUT2D eigenvalue weighted by atomic mass is 32.2. The van der Waals surface area contributed by atoms with Gasteiger partial charge >= 0.3 is 0 Å². The monoisotopic (exact) mass is 296 g/mol. The number of thioether (sulfide) groups is 1. The van der Waals surface area contributed by atoms with Gasteiger partial charge < -0.3 is 11.5 Å². The predicted molar refractivity (Wildman–Crippen MR) is 90.3 cm³/mol. The van der Waals surface area contributed by atoms with E-state index in [9.17, 15) is 0 Å². The molecule has 0 aliphatic carbocycles. The molecule has 4 nitrogen and oxygen atoms in total. The lowest BCUT2D eigenvalue weighted by Crippen LogP contribution is -2.02. The van der Waals surface area contributed by atoms with Gasteiger partial charge in [0.2, 0.25) is 5.95 Å². The summed E-state index contributed by atoms with van der Waals surface area (Å²) in [6.07, 6.45) is 2.07. The van der Waals surface area contributed by atoms with E-state index in [4.69, 9.17) is 11.5 Å². The quantitative estimate of drug-likeness (QED) is 0.708. The molecule has 0 unspecified atom stereocenters. The molecule has 0 radical (unpaired) electrons. The fourth-order valence-electron chi connectivity index (χ4n) is 2.54. The summed E-state index contributed by atoms with van der Waals surface area (Å²) in [5.74, 6) is 0.634. The first-order valence-corrected chi connectivity index (χ1v) is 7.79. The molecule has 2 aromatic carbocycles. The highest BCUT2D eigenvalue weighted by Crippen LogP contribution is 2.33. The molecule has 21 heavy (non-hydrogen) atoms. The minimum atomic E-state index is 0.205. The fraction of sp³-hybridized carbons (Fsp3) is 0.125. The molecular formula is C16H16N4S. The number of nitrogens with two attached hydrogens (primary N) is 2. The van der Waals surface area contributed by atoms with Crippen LogP contribution in [0, 0.1) is 6.92 Å². The van der Waals surface area contributed by atoms with Gasteiger partial charge in [0.05, 0.1) is 5.52 Å². The Kier molecular flexibility index (Phi) is 3.43. The number of nitrogens with zero attached hydrogens (tertiary/aromatic N) is 2. The molecule has 0 bridgehead atoms. The normalized spacial score (nSPS) is 11.0. The van der Waals surface area contributed by atoms with Gasteiger partial charge in [-0.05, 0) is 48.1 Å². The van der Waals surface area contributed by atoms with Gasteiger partial charge in [0.1, 0.15) is 5.82 Å². The molecule has 3 aromatic rings. The number of fused-ring (bicyclic) bond motifs is 1. The van der Waals surface area contributed by atoms with Crippen molar-refractivity contribution in [1.82, 2.24) is 9.97 Å². The standard InChI is InChI=1S/C16H16N4S/c1-9-12(10-4-3-5-11(8-10)21-2)6-7-13-14(9)15(17)20-16(18)19-13/h3-8H,1-2H3,(H4,17,18,19,20). The summed E-state index contributed by atoms with van der Waals surface area (Å²) in [6, 6.07) is 12.4. The number of nitrogen functional groups attached to an aromatic ring is 2. The average Bonchev–Trinajstić information content (AvgIpc) is 2.47. The molecule has 0 atom stereocenters. The molecule has 0 aliphatic rings. The van der Waals surface area contributed by atoms with Gasteiger partial charge in [0, 0.05) is 10.3 Å². The molecule has 1 aromatic heterocycles. The van der Waals surface area contributed by atoms with Crippen molar-refractivity contribution in [2.45, 2.75) is 11.8 Å². The molecule has 1 heterocycles. The Hall–Kier alpha value is -2.27. The van der Waals surface area contributed by atoms with Crippen LogP contribution in [0.4, 0.5) is 11.8 Å². The largest absolute Gasteiger partial charge is 0.383 e. The number of hydrogen-bond acceptors (Lipinski definition) is 5. The number of aryl methyl sites for hydroxylation is 1. The van der Waals surface area contributed by atoms with Gasteiger partial charge in [-0.1, -0.05) is 18.2 Å². The SMILES string of the molecule is CSc1cccc(-c2ccc3nc(N)nc(N)c3c2C)c1. The number of rotatable bonds is 2. The lowest BCUT2D eigenvalue weighted by Gasteiger charge is -2.12. The lowest BCUT2D eigenvalue weighted by atomic mass is 9.97. The number of aromatic nitrogens is 2. The van der Waals surface area contributed by atoms with Crippen LogP contribution in [-0.4, -0.2) is 16.2 Å². The van der Waals surface area contributed by atoms with E-state index in [2.05, 4.69) is 46.6 Å². The zero-order valence-corrected chi connectivity index (χ0v) is 12.7. The first-order chi connectivity index (χ1) is 10.1. The molecule has 0 saturated heterocycles. The Morgan fingerprint density at radius 2 is 1.86 bits per heavy atom. The molecule has 0 amide bonds. The highest BCUT2D eigenvalue weighted by Gasteiger charge is 2.11. The van der Waals surface area contributed by atoms with E-state index in [-0.39, 0.29) is 5.95 Å². The van der Waals surface area contributed by atoms with E-state index in [0.717, 1.165) is 27.6 Å². The first-order valence-electron chi connectivity index (χ1n) is 6.57. The van der Waals surface area contributed by atoms with Gasteiger partial charge in [-0.25, -0.2) is 4.98 Å². The second-order valence-electron chi connectivity index (χ2n) is 4.83. The van der Waals surface area contributed by atoms with E-state index in [1.165, 1.54) is 4.90 Å². The van der Waals surface area contributed by atoms with Crippen molar-refractivity contribution in [2.75, 3.05) is 17.7 Å². The molecule has 0 saturated carbocycles. The van der Waals surface area contributed by atoms with Gasteiger partial charge in [0.15, 0.2) is 0 Å². The van der Waals surface area contributed by atoms with E-state index >= 15 is 0 Å². The van der Waals surface area contributed by atoms with Crippen LogP contribution in [0.5, 0.6) is 0 Å². The van der Waals surface area contributed by atoms with E-state index in [0.29, 0.717) is 5.82 Å². The van der Waals surface area contributed by atoms with Crippen LogP contribution < -0.4 is 11.5 Å². The van der Waals surface area contributed by atoms with Crippen LogP contribution in [-0.2, 0) is 0 Å². The smallest absolute Gasteiger partial charge is 0.222 e. The number of benzene rings is 2. The zero-order valence-electron chi connectivity index (χ0n) is 11.9. The molecule has 106 valence electrons. The minimum absolute atomic E-state index is 0.205. The summed E-state index contributed by atoms with van der Waals surface area (Å²) in [6.45, 7) is 2.04. The minimum Gasteiger partial charge on any atom is -0.383 e. The predicted octanol–water partition coefficient (Wildman–Crippen LogP) is 3.49. The van der Waals surface area contributed by atoms with Crippen LogP contribution in [0.2, 0.25) is 0 Å². The van der Waals surface area contributed by atoms with Gasteiger partial charge in [-0.2, -0.15) is 4.98 Å². The third-order valence-corrected chi connectivity index (χ3v) is 4.28. The summed E-state index contributed by atoms with van der Waals surface area (Å²) in [5, 5.41) is 0.872. The van der Waals surface area contributed by atoms with Crippen LogP contribution in [0.15, 0.2) is 41.3 Å². The number of hydrogen-bond donors (Lipinski definition) is 2. The Balaban J connectivity index is 2.27. The molecular weight excluding hydrogens is 280 g/mol. The number of anilines is 2. The maximum absolute atomic E-state index is 6.03. The lowest BCUT2D eigenvalue weighted by molar-refractivity contribution is 1.24. The third kappa shape index (κ3) is 2.40. The summed E-state index contributed by atoms with van der Waals surface area (Å²) in [5.41, 5.74) is 15.8. The fourth-order valence-corrected chi connectivity index (χ4v) is 3.00. The van der Waals surface area contributed by atoms with Crippen LogP contribution in [0.3, 0.4) is 0 Å². The second kappa shape index (κ2) is 5.26. The summed E-state index contributed by atoms with van der Waals surface area (Å²) in [7, 11) is 0. The Bertz CT molecular complexity index is 830. The molecule has 5 heteroatoms. The van der Waals surface area contributed by atoms with E-state index < -0.39 is 0 Å². The third-order valence-electron chi connectivity index (χ3n) is 3.55. The van der Waals surface area contributed by atoms with E-state index in [1.54, 1.807) is 11.8 Å². The van der Waals surface area contributed by atoms with E-state index in [1.807, 2.05) is 13.0 Å². The van der Waals surface area contributed by atoms with Crippen molar-refractivity contribution in [3.05, 3.63) is 42.0 Å². The average molecular weight is 296 g/mol. The summed E-state index contributed by atoms with van der Waals surface area (Å²) < 4.78 is 0. The molecule has 0 spiro atoms.